The molecule has 0 saturated heterocycles. The fourth-order valence-corrected chi connectivity index (χ4v) is 5.56. The molecule has 1 atom stereocenters. The SMILES string of the molecule is CC(Sc1cccc(NC(=O)/C(=C/c2c[nH]c3ccccc23)NC(=O)c2ccccc2)c1)C(=O)Nc1c(F)c(F)c(C(F)(F)F)c(F)c1F. The van der Waals surface area contributed by atoms with Gasteiger partial charge in [-0.25, -0.2) is 17.6 Å². The van der Waals surface area contributed by atoms with E-state index >= 15 is 0 Å². The lowest BCUT2D eigenvalue weighted by molar-refractivity contribution is -0.143. The van der Waals surface area contributed by atoms with Gasteiger partial charge in [-0.3, -0.25) is 14.4 Å². The van der Waals surface area contributed by atoms with Gasteiger partial charge in [-0.15, -0.1) is 11.8 Å². The van der Waals surface area contributed by atoms with Crippen LogP contribution in [-0.2, 0) is 15.8 Å². The minimum absolute atomic E-state index is 0.107. The van der Waals surface area contributed by atoms with Gasteiger partial charge in [0.25, 0.3) is 11.8 Å². The molecule has 0 aliphatic heterocycles. The zero-order chi connectivity index (χ0) is 35.5. The number of rotatable bonds is 9. The molecule has 4 N–H and O–H groups in total. The third-order valence-corrected chi connectivity index (χ3v) is 8.11. The first-order valence-electron chi connectivity index (χ1n) is 14.2. The number of hydrogen-bond donors (Lipinski definition) is 4. The van der Waals surface area contributed by atoms with Crippen LogP contribution in [0.5, 0.6) is 0 Å². The van der Waals surface area contributed by atoms with E-state index in [0.717, 1.165) is 22.7 Å². The summed E-state index contributed by atoms with van der Waals surface area (Å²) >= 11 is 0.797. The van der Waals surface area contributed by atoms with Crippen molar-refractivity contribution in [3.8, 4) is 0 Å². The molecule has 15 heteroatoms. The van der Waals surface area contributed by atoms with Crippen LogP contribution in [0.2, 0.25) is 0 Å². The molecular weight excluding hydrogens is 677 g/mol. The number of carbonyl (C=O) groups excluding carboxylic acids is 3. The molecule has 0 spiro atoms. The Balaban J connectivity index is 1.34. The number of anilines is 2. The van der Waals surface area contributed by atoms with Crippen molar-refractivity contribution in [2.75, 3.05) is 10.6 Å². The molecular formula is C34H23F7N4O3S. The Hall–Kier alpha value is -5.57. The predicted molar refractivity (Wildman–Crippen MR) is 170 cm³/mol. The van der Waals surface area contributed by atoms with Crippen LogP contribution in [0.25, 0.3) is 17.0 Å². The molecule has 0 saturated carbocycles. The zero-order valence-corrected chi connectivity index (χ0v) is 25.8. The third-order valence-electron chi connectivity index (χ3n) is 7.02. The highest BCUT2D eigenvalue weighted by molar-refractivity contribution is 8.00. The smallest absolute Gasteiger partial charge is 0.361 e. The zero-order valence-electron chi connectivity index (χ0n) is 25.0. The Morgan fingerprint density at radius 1 is 0.816 bits per heavy atom. The van der Waals surface area contributed by atoms with E-state index in [2.05, 4.69) is 15.6 Å². The van der Waals surface area contributed by atoms with Crippen LogP contribution in [0, 0.1) is 23.3 Å². The van der Waals surface area contributed by atoms with Crippen LogP contribution in [0.3, 0.4) is 0 Å². The Labute approximate surface area is 277 Å². The summed E-state index contributed by atoms with van der Waals surface area (Å²) in [7, 11) is 0. The number of hydrogen-bond acceptors (Lipinski definition) is 4. The highest BCUT2D eigenvalue weighted by Crippen LogP contribution is 2.39. The molecule has 1 heterocycles. The second-order valence-electron chi connectivity index (χ2n) is 10.4. The number of nitrogens with one attached hydrogen (secondary N) is 4. The number of alkyl halides is 3. The maximum absolute atomic E-state index is 14.3. The number of thioether (sulfide) groups is 1. The summed E-state index contributed by atoms with van der Waals surface area (Å²) in [5, 5.41) is 6.48. The van der Waals surface area contributed by atoms with Gasteiger partial charge in [0.15, 0.2) is 23.3 Å². The van der Waals surface area contributed by atoms with E-state index in [-0.39, 0.29) is 11.4 Å². The first-order valence-corrected chi connectivity index (χ1v) is 15.1. The Kier molecular flexibility index (Phi) is 10.1. The summed E-state index contributed by atoms with van der Waals surface area (Å²) < 4.78 is 95.4. The third kappa shape index (κ3) is 7.78. The lowest BCUT2D eigenvalue weighted by atomic mass is 10.1. The maximum Gasteiger partial charge on any atom is 0.422 e. The summed E-state index contributed by atoms with van der Waals surface area (Å²) in [6.45, 7) is 1.26. The molecule has 0 radical (unpaired) electrons. The summed E-state index contributed by atoms with van der Waals surface area (Å²) in [6, 6.07) is 21.5. The molecule has 5 aromatic rings. The van der Waals surface area contributed by atoms with Crippen molar-refractivity contribution in [3.63, 3.8) is 0 Å². The average molecular weight is 701 g/mol. The first-order chi connectivity index (χ1) is 23.2. The number of para-hydroxylation sites is 1. The first kappa shape index (κ1) is 34.8. The van der Waals surface area contributed by atoms with E-state index in [9.17, 15) is 45.1 Å². The topological polar surface area (TPSA) is 103 Å². The highest BCUT2D eigenvalue weighted by Gasteiger charge is 2.42. The van der Waals surface area contributed by atoms with E-state index in [1.165, 1.54) is 37.3 Å². The van der Waals surface area contributed by atoms with Gasteiger partial charge in [0.1, 0.15) is 16.9 Å². The summed E-state index contributed by atoms with van der Waals surface area (Å²) in [5.41, 5.74) is -2.67. The van der Waals surface area contributed by atoms with Gasteiger partial charge in [-0.2, -0.15) is 13.2 Å². The molecule has 49 heavy (non-hydrogen) atoms. The van der Waals surface area contributed by atoms with E-state index < -0.39 is 63.7 Å². The summed E-state index contributed by atoms with van der Waals surface area (Å²) in [4.78, 5) is 42.6. The van der Waals surface area contributed by atoms with Crippen molar-refractivity contribution in [1.29, 1.82) is 0 Å². The molecule has 1 aromatic heterocycles. The molecule has 0 aliphatic rings. The van der Waals surface area contributed by atoms with Crippen LogP contribution < -0.4 is 16.0 Å². The van der Waals surface area contributed by atoms with E-state index in [4.69, 9.17) is 0 Å². The van der Waals surface area contributed by atoms with Crippen molar-refractivity contribution in [3.05, 3.63) is 131 Å². The number of amides is 3. The summed E-state index contributed by atoms with van der Waals surface area (Å²) in [6.07, 6.45) is -2.57. The minimum Gasteiger partial charge on any atom is -0.361 e. The van der Waals surface area contributed by atoms with Gasteiger partial charge in [-0.1, -0.05) is 42.5 Å². The number of carbonyl (C=O) groups is 3. The van der Waals surface area contributed by atoms with Crippen LogP contribution in [0.4, 0.5) is 42.1 Å². The minimum atomic E-state index is -5.73. The quantitative estimate of drug-likeness (QED) is 0.0538. The Bertz CT molecular complexity index is 2070. The molecule has 0 fully saturated rings. The molecule has 4 aromatic carbocycles. The Morgan fingerprint density at radius 3 is 2.14 bits per heavy atom. The van der Waals surface area contributed by atoms with Crippen molar-refractivity contribution < 1.29 is 45.1 Å². The second kappa shape index (κ2) is 14.3. The number of halogens is 7. The number of fused-ring (bicyclic) bond motifs is 1. The second-order valence-corrected chi connectivity index (χ2v) is 11.8. The van der Waals surface area contributed by atoms with Crippen molar-refractivity contribution in [1.82, 2.24) is 10.3 Å². The fourth-order valence-electron chi connectivity index (χ4n) is 4.63. The number of aromatic amines is 1. The molecule has 0 aliphatic carbocycles. The lowest BCUT2D eigenvalue weighted by Crippen LogP contribution is -2.30. The fraction of sp³-hybridized carbons (Fsp3) is 0.0882. The number of benzene rings is 4. The molecule has 0 bridgehead atoms. The van der Waals surface area contributed by atoms with Crippen molar-refractivity contribution in [2.45, 2.75) is 23.2 Å². The average Bonchev–Trinajstić information content (AvgIpc) is 3.48. The van der Waals surface area contributed by atoms with Crippen molar-refractivity contribution >= 4 is 57.8 Å². The normalized spacial score (nSPS) is 12.4. The van der Waals surface area contributed by atoms with Crippen molar-refractivity contribution in [2.24, 2.45) is 0 Å². The summed E-state index contributed by atoms with van der Waals surface area (Å²) in [5.74, 6) is -12.7. The largest absolute Gasteiger partial charge is 0.422 e. The molecule has 5 rings (SSSR count). The monoisotopic (exact) mass is 700 g/mol. The van der Waals surface area contributed by atoms with Gasteiger partial charge < -0.3 is 20.9 Å². The van der Waals surface area contributed by atoms with Crippen LogP contribution >= 0.6 is 11.8 Å². The highest BCUT2D eigenvalue weighted by atomic mass is 32.2. The predicted octanol–water partition coefficient (Wildman–Crippen LogP) is 8.27. The van der Waals surface area contributed by atoms with Crippen LogP contribution in [0.15, 0.2) is 95.7 Å². The Morgan fingerprint density at radius 2 is 1.47 bits per heavy atom. The van der Waals surface area contributed by atoms with Gasteiger partial charge in [0.05, 0.1) is 5.25 Å². The van der Waals surface area contributed by atoms with Crippen LogP contribution in [-0.4, -0.2) is 28.0 Å². The molecule has 3 amide bonds. The van der Waals surface area contributed by atoms with E-state index in [0.29, 0.717) is 16.0 Å². The van der Waals surface area contributed by atoms with Gasteiger partial charge in [-0.05, 0) is 49.4 Å². The maximum atomic E-state index is 14.3. The lowest BCUT2D eigenvalue weighted by Gasteiger charge is -2.17. The van der Waals surface area contributed by atoms with Gasteiger partial charge in [0.2, 0.25) is 5.91 Å². The molecule has 1 unspecified atom stereocenters. The van der Waals surface area contributed by atoms with E-state index in [1.807, 2.05) is 24.3 Å². The van der Waals surface area contributed by atoms with E-state index in [1.54, 1.807) is 41.8 Å². The number of H-pyrrole nitrogens is 1. The van der Waals surface area contributed by atoms with Crippen LogP contribution in [0.1, 0.15) is 28.4 Å². The van der Waals surface area contributed by atoms with Gasteiger partial charge >= 0.3 is 6.18 Å². The standard InChI is InChI=1S/C34H23F7N4O3S/c1-17(31(46)45-30-28(37)26(35)25(34(39,40)41)27(36)29(30)38)49-21-11-7-10-20(15-21)43-33(48)24(44-32(47)18-8-3-2-4-9-18)14-19-16-42-23-13-6-5-12-22(19)23/h2-17,42H,1H3,(H,43,48)(H,44,47)(H,45,46)/b24-14-. The number of aromatic nitrogens is 1. The molecule has 252 valence electrons. The molecule has 7 nitrogen and oxygen atoms in total. The van der Waals surface area contributed by atoms with Gasteiger partial charge in [0, 0.05) is 38.8 Å².